The molecule has 0 radical (unpaired) electrons. The van der Waals surface area contributed by atoms with Crippen molar-refractivity contribution in [3.63, 3.8) is 0 Å². The van der Waals surface area contributed by atoms with E-state index >= 15 is 0 Å². The first-order valence-corrected chi connectivity index (χ1v) is 10.2. The average Bonchev–Trinajstić information content (AvgIpc) is 2.70. The van der Waals surface area contributed by atoms with Gasteiger partial charge in [0, 0.05) is 12.0 Å². The molecule has 2 aromatic carbocycles. The van der Waals surface area contributed by atoms with Gasteiger partial charge in [-0.25, -0.2) is 9.18 Å². The molecule has 2 aliphatic rings. The van der Waals surface area contributed by atoms with E-state index < -0.39 is 5.82 Å². The van der Waals surface area contributed by atoms with Gasteiger partial charge in [-0.3, -0.25) is 9.69 Å². The van der Waals surface area contributed by atoms with Crippen LogP contribution in [0.1, 0.15) is 36.8 Å². The van der Waals surface area contributed by atoms with Gasteiger partial charge >= 0.3 is 6.03 Å². The molecule has 29 heavy (non-hydrogen) atoms. The zero-order chi connectivity index (χ0) is 20.7. The number of primary amides is 1. The van der Waals surface area contributed by atoms with Gasteiger partial charge in [-0.1, -0.05) is 23.7 Å². The number of benzene rings is 2. The summed E-state index contributed by atoms with van der Waals surface area (Å²) in [4.78, 5) is 28.4. The zero-order valence-corrected chi connectivity index (χ0v) is 17.0. The van der Waals surface area contributed by atoms with Crippen LogP contribution in [0.5, 0.6) is 0 Å². The number of aryl methyl sites for hydroxylation is 1. The topological polar surface area (TPSA) is 66.6 Å². The van der Waals surface area contributed by atoms with Gasteiger partial charge in [0.1, 0.15) is 5.82 Å². The highest BCUT2D eigenvalue weighted by Gasteiger charge is 2.38. The van der Waals surface area contributed by atoms with Crippen molar-refractivity contribution in [2.75, 3.05) is 4.90 Å². The summed E-state index contributed by atoms with van der Waals surface area (Å²) >= 11 is 5.84. The largest absolute Gasteiger partial charge is 0.369 e. The Hall–Kier alpha value is -2.60. The second-order valence-electron chi connectivity index (χ2n) is 7.82. The third-order valence-corrected chi connectivity index (χ3v) is 6.40. The number of rotatable bonds is 3. The minimum atomic E-state index is -0.565. The summed E-state index contributed by atoms with van der Waals surface area (Å²) in [5.41, 5.74) is 8.77. The van der Waals surface area contributed by atoms with Gasteiger partial charge in [0.05, 0.1) is 22.9 Å². The number of amides is 3. The monoisotopic (exact) mass is 415 g/mol. The van der Waals surface area contributed by atoms with E-state index in [9.17, 15) is 14.0 Å². The number of hydrogen-bond acceptors (Lipinski definition) is 2. The Labute approximate surface area is 174 Å². The molecule has 1 saturated carbocycles. The lowest BCUT2D eigenvalue weighted by Crippen LogP contribution is -2.51. The number of halogens is 2. The molecular formula is C22H23ClFN3O2. The molecule has 2 aromatic rings. The number of fused-ring (bicyclic) bond motifs is 1. The van der Waals surface area contributed by atoms with Crippen molar-refractivity contribution in [3.05, 3.63) is 58.4 Å². The Balaban J connectivity index is 1.71. The number of carbonyl (C=O) groups excluding carboxylic acids is 2. The van der Waals surface area contributed by atoms with Gasteiger partial charge in [-0.05, 0) is 68.0 Å². The van der Waals surface area contributed by atoms with Gasteiger partial charge in [0.15, 0.2) is 0 Å². The van der Waals surface area contributed by atoms with Crippen LogP contribution in [0, 0.1) is 18.7 Å². The van der Waals surface area contributed by atoms with Crippen LogP contribution in [-0.4, -0.2) is 22.9 Å². The van der Waals surface area contributed by atoms with Crippen LogP contribution in [0.4, 0.5) is 20.6 Å². The number of nitrogens with two attached hydrogens (primary N) is 1. The minimum absolute atomic E-state index is 0.0179. The van der Waals surface area contributed by atoms with Gasteiger partial charge in [-0.2, -0.15) is 0 Å². The summed E-state index contributed by atoms with van der Waals surface area (Å²) in [6.45, 7) is 2.51. The second kappa shape index (κ2) is 7.67. The summed E-state index contributed by atoms with van der Waals surface area (Å²) in [7, 11) is 0. The fourth-order valence-corrected chi connectivity index (χ4v) is 4.52. The third-order valence-electron chi connectivity index (χ3n) is 6.09. The molecule has 4 rings (SSSR count). The van der Waals surface area contributed by atoms with Crippen molar-refractivity contribution in [3.8, 4) is 0 Å². The molecule has 0 atom stereocenters. The molecule has 5 nitrogen and oxygen atoms in total. The maximum Gasteiger partial charge on any atom is 0.329 e. The van der Waals surface area contributed by atoms with E-state index in [0.29, 0.717) is 25.1 Å². The van der Waals surface area contributed by atoms with E-state index in [2.05, 4.69) is 0 Å². The Morgan fingerprint density at radius 1 is 1.17 bits per heavy atom. The van der Waals surface area contributed by atoms with Crippen molar-refractivity contribution < 1.29 is 14.0 Å². The van der Waals surface area contributed by atoms with Crippen LogP contribution in [0.25, 0.3) is 0 Å². The second-order valence-corrected chi connectivity index (χ2v) is 8.23. The molecule has 0 spiro atoms. The molecule has 1 fully saturated rings. The highest BCUT2D eigenvalue weighted by Crippen LogP contribution is 2.40. The molecule has 3 amide bonds. The van der Waals surface area contributed by atoms with Gasteiger partial charge in [0.25, 0.3) is 0 Å². The Bertz CT molecular complexity index is 973. The number of carbonyl (C=O) groups is 2. The Morgan fingerprint density at radius 2 is 1.90 bits per heavy atom. The Kier molecular flexibility index (Phi) is 5.21. The lowest BCUT2D eigenvalue weighted by atomic mass is 9.84. The first-order chi connectivity index (χ1) is 13.9. The van der Waals surface area contributed by atoms with Crippen LogP contribution >= 0.6 is 11.6 Å². The van der Waals surface area contributed by atoms with E-state index in [1.165, 1.54) is 12.1 Å². The summed E-state index contributed by atoms with van der Waals surface area (Å²) in [6.07, 6.45) is 2.81. The molecular weight excluding hydrogens is 393 g/mol. The van der Waals surface area contributed by atoms with Gasteiger partial charge < -0.3 is 10.6 Å². The van der Waals surface area contributed by atoms with Crippen LogP contribution in [0.15, 0.2) is 36.4 Å². The van der Waals surface area contributed by atoms with Crippen LogP contribution in [-0.2, 0) is 11.3 Å². The number of urea groups is 1. The first kappa shape index (κ1) is 19.7. The SMILES string of the molecule is Cc1cccc2c1CN(C1CCC(C(N)=O)CC1)C(=O)N2c1ccc(Cl)c(F)c1. The van der Waals surface area contributed by atoms with E-state index in [4.69, 9.17) is 17.3 Å². The predicted octanol–water partition coefficient (Wildman–Crippen LogP) is 4.91. The standard InChI is InChI=1S/C22H23ClFN3O2/c1-13-3-2-4-20-17(13)12-26(15-7-5-14(6-8-15)21(25)28)22(29)27(20)16-9-10-18(23)19(24)11-16/h2-4,9-11,14-15H,5-8,12H2,1H3,(H2,25,28). The van der Waals surface area contributed by atoms with Crippen LogP contribution in [0.3, 0.4) is 0 Å². The van der Waals surface area contributed by atoms with Crippen molar-refractivity contribution in [1.82, 2.24) is 4.90 Å². The molecule has 0 saturated heterocycles. The number of anilines is 2. The molecule has 1 heterocycles. The molecule has 152 valence electrons. The molecule has 0 unspecified atom stereocenters. The van der Waals surface area contributed by atoms with Crippen molar-refractivity contribution in [2.24, 2.45) is 11.7 Å². The summed E-state index contributed by atoms with van der Waals surface area (Å²) in [6, 6.07) is 10.0. The maximum absolute atomic E-state index is 14.2. The fraction of sp³-hybridized carbons (Fsp3) is 0.364. The third kappa shape index (κ3) is 3.57. The van der Waals surface area contributed by atoms with E-state index in [1.54, 1.807) is 11.0 Å². The highest BCUT2D eigenvalue weighted by atomic mass is 35.5. The average molecular weight is 416 g/mol. The quantitative estimate of drug-likeness (QED) is 0.774. The van der Waals surface area contributed by atoms with Gasteiger partial charge in [0.2, 0.25) is 5.91 Å². The van der Waals surface area contributed by atoms with Crippen LogP contribution < -0.4 is 10.6 Å². The first-order valence-electron chi connectivity index (χ1n) is 9.80. The smallest absolute Gasteiger partial charge is 0.329 e. The summed E-state index contributed by atoms with van der Waals surface area (Å²) in [5.74, 6) is -0.959. The minimum Gasteiger partial charge on any atom is -0.369 e. The van der Waals surface area contributed by atoms with E-state index in [0.717, 1.165) is 29.7 Å². The summed E-state index contributed by atoms with van der Waals surface area (Å²) < 4.78 is 14.2. The maximum atomic E-state index is 14.2. The molecule has 1 aliphatic heterocycles. The predicted molar refractivity (Wildman–Crippen MR) is 111 cm³/mol. The number of hydrogen-bond donors (Lipinski definition) is 1. The summed E-state index contributed by atoms with van der Waals surface area (Å²) in [5, 5.41) is 0.0179. The molecule has 0 aromatic heterocycles. The van der Waals surface area contributed by atoms with E-state index in [-0.39, 0.29) is 28.9 Å². The highest BCUT2D eigenvalue weighted by molar-refractivity contribution is 6.30. The van der Waals surface area contributed by atoms with Crippen molar-refractivity contribution >= 4 is 34.9 Å². The molecule has 1 aliphatic carbocycles. The molecule has 2 N–H and O–H groups in total. The molecule has 0 bridgehead atoms. The lowest BCUT2D eigenvalue weighted by Gasteiger charge is -2.43. The molecule has 7 heteroatoms. The van der Waals surface area contributed by atoms with Crippen molar-refractivity contribution in [1.29, 1.82) is 0 Å². The normalized spacial score (nSPS) is 21.8. The Morgan fingerprint density at radius 3 is 2.55 bits per heavy atom. The van der Waals surface area contributed by atoms with Gasteiger partial charge in [-0.15, -0.1) is 0 Å². The number of nitrogens with zero attached hydrogens (tertiary/aromatic N) is 2. The van der Waals surface area contributed by atoms with E-state index in [1.807, 2.05) is 30.0 Å². The lowest BCUT2D eigenvalue weighted by molar-refractivity contribution is -0.123. The van der Waals surface area contributed by atoms with Crippen molar-refractivity contribution in [2.45, 2.75) is 45.2 Å². The fourth-order valence-electron chi connectivity index (χ4n) is 4.40. The zero-order valence-electron chi connectivity index (χ0n) is 16.2. The van der Waals surface area contributed by atoms with Crippen LogP contribution in [0.2, 0.25) is 5.02 Å².